The third kappa shape index (κ3) is 3.64. The van der Waals surface area contributed by atoms with Crippen molar-refractivity contribution >= 4 is 28.3 Å². The highest BCUT2D eigenvalue weighted by Gasteiger charge is 2.13. The van der Waals surface area contributed by atoms with Crippen LogP contribution in [0.4, 0.5) is 11.5 Å². The van der Waals surface area contributed by atoms with Gasteiger partial charge < -0.3 is 19.9 Å². The Bertz CT molecular complexity index is 1190. The van der Waals surface area contributed by atoms with E-state index in [9.17, 15) is 4.79 Å². The molecule has 0 aliphatic carbocycles. The summed E-state index contributed by atoms with van der Waals surface area (Å²) in [5.74, 6) is 1.19. The number of carbonyl (C=O) groups excluding carboxylic acids is 1. The van der Waals surface area contributed by atoms with Crippen LogP contribution in [0.15, 0.2) is 48.9 Å². The Balaban J connectivity index is 1.67. The van der Waals surface area contributed by atoms with Crippen LogP contribution in [0.3, 0.4) is 0 Å². The highest BCUT2D eigenvalue weighted by molar-refractivity contribution is 5.95. The van der Waals surface area contributed by atoms with Crippen LogP contribution in [0.25, 0.3) is 22.2 Å². The lowest BCUT2D eigenvalue weighted by molar-refractivity contribution is 0.0827. The zero-order chi connectivity index (χ0) is 20.5. The molecule has 3 heterocycles. The van der Waals surface area contributed by atoms with E-state index in [2.05, 4.69) is 20.4 Å². The molecule has 0 spiro atoms. The molecule has 4 rings (SSSR count). The van der Waals surface area contributed by atoms with Crippen molar-refractivity contribution in [3.8, 4) is 17.0 Å². The Hall–Kier alpha value is -3.81. The first-order valence-electron chi connectivity index (χ1n) is 9.09. The molecule has 0 saturated heterocycles. The van der Waals surface area contributed by atoms with Crippen molar-refractivity contribution in [1.29, 1.82) is 0 Å². The van der Waals surface area contributed by atoms with E-state index in [4.69, 9.17) is 4.74 Å². The van der Waals surface area contributed by atoms with Gasteiger partial charge in [-0.25, -0.2) is 4.98 Å². The molecule has 0 fully saturated rings. The van der Waals surface area contributed by atoms with E-state index in [0.29, 0.717) is 22.8 Å². The minimum absolute atomic E-state index is 0.0791. The molecule has 148 valence electrons. The monoisotopic (exact) mass is 390 g/mol. The van der Waals surface area contributed by atoms with Gasteiger partial charge in [0.2, 0.25) is 0 Å². The normalized spacial score (nSPS) is 10.9. The molecule has 0 aliphatic heterocycles. The van der Waals surface area contributed by atoms with E-state index < -0.39 is 0 Å². The molecule has 3 aromatic heterocycles. The number of fused-ring (bicyclic) bond motifs is 1. The molecule has 2 N–H and O–H groups in total. The van der Waals surface area contributed by atoms with E-state index in [1.165, 1.54) is 4.90 Å². The Morgan fingerprint density at radius 1 is 1.21 bits per heavy atom. The number of aromatic amines is 1. The number of amides is 1. The SMILES string of the molecule is COc1ccc(C(=O)N(C)C)cc1Nc1cc2[nH]c(-c3cnn(C)c3)cc2cn1. The Labute approximate surface area is 168 Å². The molecule has 0 bridgehead atoms. The number of carbonyl (C=O) groups is 1. The van der Waals surface area contributed by atoms with Crippen LogP contribution >= 0.6 is 0 Å². The van der Waals surface area contributed by atoms with Crippen molar-refractivity contribution in [2.24, 2.45) is 7.05 Å². The summed E-state index contributed by atoms with van der Waals surface area (Å²) in [5, 5.41) is 8.47. The zero-order valence-corrected chi connectivity index (χ0v) is 16.7. The number of benzene rings is 1. The van der Waals surface area contributed by atoms with E-state index in [0.717, 1.165) is 22.2 Å². The molecule has 0 unspecified atom stereocenters. The topological polar surface area (TPSA) is 88.1 Å². The third-order valence-electron chi connectivity index (χ3n) is 4.64. The number of rotatable bonds is 5. The molecule has 1 aromatic carbocycles. The fourth-order valence-electron chi connectivity index (χ4n) is 3.14. The van der Waals surface area contributed by atoms with E-state index in [1.54, 1.807) is 50.3 Å². The fraction of sp³-hybridized carbons (Fsp3) is 0.190. The summed E-state index contributed by atoms with van der Waals surface area (Å²) in [6.07, 6.45) is 5.57. The van der Waals surface area contributed by atoms with Gasteiger partial charge in [0.15, 0.2) is 0 Å². The number of ether oxygens (including phenoxy) is 1. The third-order valence-corrected chi connectivity index (χ3v) is 4.64. The number of aryl methyl sites for hydroxylation is 1. The number of pyridine rings is 1. The maximum atomic E-state index is 12.3. The van der Waals surface area contributed by atoms with Crippen molar-refractivity contribution in [3.63, 3.8) is 0 Å². The van der Waals surface area contributed by atoms with Crippen molar-refractivity contribution in [1.82, 2.24) is 24.6 Å². The molecule has 0 atom stereocenters. The van der Waals surface area contributed by atoms with Gasteiger partial charge in [0, 0.05) is 61.8 Å². The number of anilines is 2. The minimum Gasteiger partial charge on any atom is -0.495 e. The van der Waals surface area contributed by atoms with Crippen molar-refractivity contribution < 1.29 is 9.53 Å². The predicted molar refractivity (Wildman–Crippen MR) is 113 cm³/mol. The summed E-state index contributed by atoms with van der Waals surface area (Å²) in [4.78, 5) is 21.7. The van der Waals surface area contributed by atoms with Crippen LogP contribution in [0.1, 0.15) is 10.4 Å². The molecule has 0 radical (unpaired) electrons. The first kappa shape index (κ1) is 18.5. The molecular weight excluding hydrogens is 368 g/mol. The average Bonchev–Trinajstić information content (AvgIpc) is 3.32. The summed E-state index contributed by atoms with van der Waals surface area (Å²) in [6.45, 7) is 0. The fourth-order valence-corrected chi connectivity index (χ4v) is 3.14. The molecule has 29 heavy (non-hydrogen) atoms. The van der Waals surface area contributed by atoms with Gasteiger partial charge in [0.1, 0.15) is 11.6 Å². The maximum absolute atomic E-state index is 12.3. The quantitative estimate of drug-likeness (QED) is 0.545. The molecule has 1 amide bonds. The van der Waals surface area contributed by atoms with Gasteiger partial charge in [-0.15, -0.1) is 0 Å². The van der Waals surface area contributed by atoms with Gasteiger partial charge >= 0.3 is 0 Å². The molecule has 0 saturated carbocycles. The Morgan fingerprint density at radius 2 is 2.03 bits per heavy atom. The summed E-state index contributed by atoms with van der Waals surface area (Å²) < 4.78 is 7.20. The lowest BCUT2D eigenvalue weighted by atomic mass is 10.1. The summed E-state index contributed by atoms with van der Waals surface area (Å²) in [7, 11) is 6.93. The lowest BCUT2D eigenvalue weighted by Gasteiger charge is -2.14. The van der Waals surface area contributed by atoms with E-state index in [1.807, 2.05) is 31.6 Å². The standard InChI is InChI=1S/C21H22N6O2/c1-26(2)21(28)13-5-6-19(29-4)18(7-13)25-20-9-17-14(10-22-20)8-16(24-17)15-11-23-27(3)12-15/h5-12,24H,1-4H3,(H,22,25). The van der Waals surface area contributed by atoms with E-state index >= 15 is 0 Å². The van der Waals surface area contributed by atoms with Gasteiger partial charge in [0.25, 0.3) is 5.91 Å². The second kappa shape index (κ2) is 7.31. The van der Waals surface area contributed by atoms with Crippen LogP contribution in [-0.4, -0.2) is 51.8 Å². The molecule has 8 heteroatoms. The zero-order valence-electron chi connectivity index (χ0n) is 16.7. The number of hydrogen-bond acceptors (Lipinski definition) is 5. The summed E-state index contributed by atoms with van der Waals surface area (Å²) in [6, 6.07) is 9.25. The van der Waals surface area contributed by atoms with Gasteiger partial charge in [0.05, 0.1) is 24.5 Å². The number of nitrogens with one attached hydrogen (secondary N) is 2. The largest absolute Gasteiger partial charge is 0.495 e. The highest BCUT2D eigenvalue weighted by atomic mass is 16.5. The van der Waals surface area contributed by atoms with Gasteiger partial charge in [-0.2, -0.15) is 5.10 Å². The Kier molecular flexibility index (Phi) is 4.67. The second-order valence-corrected chi connectivity index (χ2v) is 6.98. The predicted octanol–water partition coefficient (Wildman–Crippen LogP) is 3.42. The van der Waals surface area contributed by atoms with Gasteiger partial charge in [-0.3, -0.25) is 9.48 Å². The number of hydrogen-bond donors (Lipinski definition) is 2. The van der Waals surface area contributed by atoms with Crippen molar-refractivity contribution in [2.45, 2.75) is 0 Å². The van der Waals surface area contributed by atoms with Crippen molar-refractivity contribution in [3.05, 3.63) is 54.5 Å². The number of H-pyrrole nitrogens is 1. The lowest BCUT2D eigenvalue weighted by Crippen LogP contribution is -2.21. The molecule has 0 aliphatic rings. The summed E-state index contributed by atoms with van der Waals surface area (Å²) >= 11 is 0. The van der Waals surface area contributed by atoms with Crippen LogP contribution in [0.2, 0.25) is 0 Å². The van der Waals surface area contributed by atoms with Gasteiger partial charge in [-0.05, 0) is 24.3 Å². The smallest absolute Gasteiger partial charge is 0.253 e. The van der Waals surface area contributed by atoms with Gasteiger partial charge in [-0.1, -0.05) is 0 Å². The van der Waals surface area contributed by atoms with Crippen LogP contribution in [0, 0.1) is 0 Å². The van der Waals surface area contributed by atoms with Crippen LogP contribution in [0.5, 0.6) is 5.75 Å². The first-order valence-corrected chi connectivity index (χ1v) is 9.09. The molecular formula is C21H22N6O2. The van der Waals surface area contributed by atoms with E-state index in [-0.39, 0.29) is 5.91 Å². The second-order valence-electron chi connectivity index (χ2n) is 6.98. The van der Waals surface area contributed by atoms with Crippen molar-refractivity contribution in [2.75, 3.05) is 26.5 Å². The maximum Gasteiger partial charge on any atom is 0.253 e. The molecule has 4 aromatic rings. The highest BCUT2D eigenvalue weighted by Crippen LogP contribution is 2.30. The number of aromatic nitrogens is 4. The van der Waals surface area contributed by atoms with Crippen LogP contribution < -0.4 is 10.1 Å². The first-order chi connectivity index (χ1) is 13.9. The van der Waals surface area contributed by atoms with Crippen LogP contribution in [-0.2, 0) is 7.05 Å². The Morgan fingerprint density at radius 3 is 2.72 bits per heavy atom. The minimum atomic E-state index is -0.0791. The number of methoxy groups -OCH3 is 1. The average molecular weight is 390 g/mol. The molecule has 8 nitrogen and oxygen atoms in total. The summed E-state index contributed by atoms with van der Waals surface area (Å²) in [5.41, 5.74) is 4.17. The number of nitrogens with zero attached hydrogens (tertiary/aromatic N) is 4.